The molecule has 4 fully saturated rings. The van der Waals surface area contributed by atoms with E-state index in [0.717, 1.165) is 38.5 Å². The van der Waals surface area contributed by atoms with Gasteiger partial charge in [0, 0.05) is 12.8 Å². The predicted octanol–water partition coefficient (Wildman–Crippen LogP) is 4.62. The number of phenolic OH excluding ortho intramolecular Hbond substituents is 2. The second kappa shape index (κ2) is 11.4. The highest BCUT2D eigenvalue weighted by atomic mass is 16.4. The fourth-order valence-electron chi connectivity index (χ4n) is 10.1. The summed E-state index contributed by atoms with van der Waals surface area (Å²) in [5.41, 5.74) is 0.522. The highest BCUT2D eigenvalue weighted by molar-refractivity contribution is 5.83. The molecule has 8 heteroatoms. The number of nitrogens with one attached hydrogen (secondary N) is 1. The van der Waals surface area contributed by atoms with Gasteiger partial charge in [0.25, 0.3) is 0 Å². The Labute approximate surface area is 243 Å². The van der Waals surface area contributed by atoms with Crippen molar-refractivity contribution >= 4 is 11.9 Å². The number of phenols is 2. The second-order valence-electron chi connectivity index (χ2n) is 14.4. The van der Waals surface area contributed by atoms with E-state index >= 15 is 0 Å². The molecule has 4 saturated carbocycles. The zero-order valence-electron chi connectivity index (χ0n) is 24.8. The number of rotatable bonds is 8. The molecule has 6 N–H and O–H groups in total. The third-order valence-electron chi connectivity index (χ3n) is 12.4. The van der Waals surface area contributed by atoms with Crippen molar-refractivity contribution in [1.29, 1.82) is 0 Å². The van der Waals surface area contributed by atoms with Gasteiger partial charge in [-0.05, 0) is 122 Å². The van der Waals surface area contributed by atoms with E-state index in [1.165, 1.54) is 31.0 Å². The number of aromatic hydroxyl groups is 2. The first kappa shape index (κ1) is 30.1. The Hall–Kier alpha value is -2.32. The second-order valence-corrected chi connectivity index (χ2v) is 14.4. The lowest BCUT2D eigenvalue weighted by atomic mass is 9.43. The molecule has 0 aromatic heterocycles. The molecular weight excluding hydrogens is 522 g/mol. The summed E-state index contributed by atoms with van der Waals surface area (Å²) in [7, 11) is 0. The molecule has 5 rings (SSSR count). The van der Waals surface area contributed by atoms with Crippen molar-refractivity contribution in [2.24, 2.45) is 46.3 Å². The van der Waals surface area contributed by atoms with Gasteiger partial charge in [-0.1, -0.05) is 26.8 Å². The quantitative estimate of drug-likeness (QED) is 0.250. The third kappa shape index (κ3) is 5.47. The summed E-state index contributed by atoms with van der Waals surface area (Å²) in [6.45, 7) is 6.90. The van der Waals surface area contributed by atoms with Crippen LogP contribution < -0.4 is 5.32 Å². The van der Waals surface area contributed by atoms with E-state index in [-0.39, 0.29) is 59.2 Å². The molecule has 0 radical (unpaired) electrons. The van der Waals surface area contributed by atoms with E-state index in [9.17, 15) is 35.1 Å². The molecule has 228 valence electrons. The molecule has 8 nitrogen and oxygen atoms in total. The van der Waals surface area contributed by atoms with Crippen LogP contribution in [0.2, 0.25) is 0 Å². The molecular formula is C33H49NO7. The largest absolute Gasteiger partial charge is 0.504 e. The van der Waals surface area contributed by atoms with Gasteiger partial charge in [-0.15, -0.1) is 0 Å². The van der Waals surface area contributed by atoms with Gasteiger partial charge < -0.3 is 30.8 Å². The van der Waals surface area contributed by atoms with Crippen molar-refractivity contribution in [2.75, 3.05) is 0 Å². The van der Waals surface area contributed by atoms with E-state index in [1.807, 2.05) is 0 Å². The first-order chi connectivity index (χ1) is 19.3. The fraction of sp³-hybridized carbons (Fsp3) is 0.758. The topological polar surface area (TPSA) is 147 Å². The van der Waals surface area contributed by atoms with Crippen molar-refractivity contribution in [3.05, 3.63) is 23.8 Å². The minimum Gasteiger partial charge on any atom is -0.504 e. The lowest BCUT2D eigenvalue weighted by Gasteiger charge is -2.62. The molecule has 11 unspecified atom stereocenters. The maximum atomic E-state index is 12.9. The third-order valence-corrected chi connectivity index (χ3v) is 12.4. The van der Waals surface area contributed by atoms with Gasteiger partial charge in [-0.25, -0.2) is 4.79 Å². The minimum atomic E-state index is -1.15. The molecule has 41 heavy (non-hydrogen) atoms. The Morgan fingerprint density at radius 1 is 1.00 bits per heavy atom. The number of amides is 1. The summed E-state index contributed by atoms with van der Waals surface area (Å²) < 4.78 is 0. The molecule has 0 saturated heterocycles. The van der Waals surface area contributed by atoms with Crippen LogP contribution >= 0.6 is 0 Å². The van der Waals surface area contributed by atoms with Gasteiger partial charge in [0.2, 0.25) is 5.91 Å². The van der Waals surface area contributed by atoms with Gasteiger partial charge in [-0.2, -0.15) is 0 Å². The van der Waals surface area contributed by atoms with Gasteiger partial charge in [0.15, 0.2) is 11.5 Å². The number of hydrogen-bond donors (Lipinski definition) is 6. The number of fused-ring (bicyclic) bond motifs is 5. The first-order valence-corrected chi connectivity index (χ1v) is 15.7. The standard InChI is InChI=1S/C33H49NO7/c1-18(4-11-30(39)34-26(31(40)41)14-19-5-10-27(36)28(37)15-19)23-8-9-24-22-7-6-20-16-21(35)12-13-32(20,2)25(22)17-29(38)33(23,24)3/h5,10,15,18,20-26,29,35-38H,4,6-9,11-14,16-17H2,1-3H3,(H,34,39)(H,40,41). The van der Waals surface area contributed by atoms with Gasteiger partial charge in [0.1, 0.15) is 6.04 Å². The van der Waals surface area contributed by atoms with Crippen LogP contribution in [0.5, 0.6) is 11.5 Å². The van der Waals surface area contributed by atoms with Gasteiger partial charge in [-0.3, -0.25) is 4.79 Å². The van der Waals surface area contributed by atoms with E-state index in [2.05, 4.69) is 26.1 Å². The summed E-state index contributed by atoms with van der Waals surface area (Å²) in [5.74, 6) is 0.584. The summed E-state index contributed by atoms with van der Waals surface area (Å²) in [6, 6.07) is 3.00. The lowest BCUT2D eigenvalue weighted by molar-refractivity contribution is -0.175. The molecule has 0 bridgehead atoms. The number of carbonyl (C=O) groups is 2. The number of hydrogen-bond acceptors (Lipinski definition) is 6. The maximum Gasteiger partial charge on any atom is 0.326 e. The maximum absolute atomic E-state index is 12.9. The zero-order chi connectivity index (χ0) is 29.7. The molecule has 0 spiro atoms. The Balaban J connectivity index is 1.20. The van der Waals surface area contributed by atoms with E-state index in [1.54, 1.807) is 0 Å². The fourth-order valence-corrected chi connectivity index (χ4v) is 10.1. The van der Waals surface area contributed by atoms with Crippen LogP contribution in [0.4, 0.5) is 0 Å². The lowest BCUT2D eigenvalue weighted by Crippen LogP contribution is -2.58. The summed E-state index contributed by atoms with van der Waals surface area (Å²) >= 11 is 0. The van der Waals surface area contributed by atoms with E-state index in [0.29, 0.717) is 41.6 Å². The number of aliphatic hydroxyl groups excluding tert-OH is 2. The number of benzene rings is 1. The van der Waals surface area contributed by atoms with Crippen LogP contribution in [-0.4, -0.2) is 55.7 Å². The molecule has 1 amide bonds. The van der Waals surface area contributed by atoms with E-state index in [4.69, 9.17) is 0 Å². The Morgan fingerprint density at radius 2 is 1.76 bits per heavy atom. The molecule has 4 aliphatic rings. The Kier molecular flexibility index (Phi) is 8.38. The summed E-state index contributed by atoms with van der Waals surface area (Å²) in [6.07, 6.45) is 8.46. The molecule has 11 atom stereocenters. The monoisotopic (exact) mass is 571 g/mol. The highest BCUT2D eigenvalue weighted by Crippen LogP contribution is 2.68. The molecule has 1 aromatic carbocycles. The molecule has 0 aliphatic heterocycles. The first-order valence-electron chi connectivity index (χ1n) is 15.7. The summed E-state index contributed by atoms with van der Waals surface area (Å²) in [5, 5.41) is 53.7. The Bertz CT molecular complexity index is 1140. The smallest absolute Gasteiger partial charge is 0.326 e. The van der Waals surface area contributed by atoms with E-state index < -0.39 is 12.0 Å². The van der Waals surface area contributed by atoms with Crippen LogP contribution in [-0.2, 0) is 16.0 Å². The predicted molar refractivity (Wildman–Crippen MR) is 154 cm³/mol. The average molecular weight is 572 g/mol. The number of carboxylic acids is 1. The van der Waals surface area contributed by atoms with Crippen molar-refractivity contribution in [1.82, 2.24) is 5.32 Å². The Morgan fingerprint density at radius 3 is 2.46 bits per heavy atom. The zero-order valence-corrected chi connectivity index (χ0v) is 24.8. The van der Waals surface area contributed by atoms with Crippen LogP contribution in [0.25, 0.3) is 0 Å². The number of carboxylic acid groups (broad SMARTS) is 1. The van der Waals surface area contributed by atoms with Crippen molar-refractivity contribution in [3.63, 3.8) is 0 Å². The molecule has 4 aliphatic carbocycles. The van der Waals surface area contributed by atoms with Crippen LogP contribution in [0.1, 0.15) is 90.5 Å². The van der Waals surface area contributed by atoms with Gasteiger partial charge >= 0.3 is 5.97 Å². The molecule has 1 aromatic rings. The van der Waals surface area contributed by atoms with Crippen LogP contribution in [0.15, 0.2) is 18.2 Å². The molecule has 0 heterocycles. The van der Waals surface area contributed by atoms with Crippen LogP contribution in [0.3, 0.4) is 0 Å². The average Bonchev–Trinajstić information content (AvgIpc) is 3.28. The highest BCUT2D eigenvalue weighted by Gasteiger charge is 2.63. The van der Waals surface area contributed by atoms with Crippen LogP contribution in [0, 0.1) is 46.3 Å². The normalized spacial score (nSPS) is 39.6. The van der Waals surface area contributed by atoms with Crippen molar-refractivity contribution in [3.8, 4) is 11.5 Å². The number of carbonyl (C=O) groups excluding carboxylic acids is 1. The van der Waals surface area contributed by atoms with Crippen molar-refractivity contribution in [2.45, 2.75) is 110 Å². The minimum absolute atomic E-state index is 0.000325. The summed E-state index contributed by atoms with van der Waals surface area (Å²) in [4.78, 5) is 24.7. The number of aliphatic hydroxyl groups is 2. The van der Waals surface area contributed by atoms with Gasteiger partial charge in [0.05, 0.1) is 12.2 Å². The van der Waals surface area contributed by atoms with Crippen molar-refractivity contribution < 1.29 is 35.1 Å². The number of aliphatic carboxylic acids is 1. The SMILES string of the molecule is CC(CCC(=O)NC(Cc1ccc(O)c(O)c1)C(=O)O)C1CCC2C3CCC4CC(O)CCC4(C)C3CC(O)C12C.